The quantitative estimate of drug-likeness (QED) is 0.900. The van der Waals surface area contributed by atoms with E-state index in [-0.39, 0.29) is 18.3 Å². The zero-order valence-corrected chi connectivity index (χ0v) is 14.9. The Morgan fingerprint density at radius 2 is 2.33 bits per heavy atom. The summed E-state index contributed by atoms with van der Waals surface area (Å²) in [6.45, 7) is 2.68. The van der Waals surface area contributed by atoms with Crippen LogP contribution in [0, 0.1) is 11.7 Å². The zero-order chi connectivity index (χ0) is 17.1. The van der Waals surface area contributed by atoms with Gasteiger partial charge in [-0.1, -0.05) is 6.07 Å². The summed E-state index contributed by atoms with van der Waals surface area (Å²) in [6, 6.07) is 4.98. The molecule has 2 aromatic rings. The number of hydrogen-bond acceptors (Lipinski definition) is 4. The molecule has 1 aliphatic heterocycles. The first kappa shape index (κ1) is 17.3. The molecule has 1 aromatic heterocycles. The first-order valence-electron chi connectivity index (χ1n) is 8.28. The molecule has 0 bridgehead atoms. The number of nitrogens with zero attached hydrogens (tertiary/aromatic N) is 1. The third kappa shape index (κ3) is 3.31. The molecule has 1 atom stereocenters. The van der Waals surface area contributed by atoms with Crippen molar-refractivity contribution in [3.8, 4) is 0 Å². The lowest BCUT2D eigenvalue weighted by Crippen LogP contribution is -2.42. The Kier molecular flexibility index (Phi) is 5.48. The molecular formula is C18H23FN2O2S. The van der Waals surface area contributed by atoms with Gasteiger partial charge in [-0.2, -0.15) is 0 Å². The molecule has 1 aromatic carbocycles. The van der Waals surface area contributed by atoms with E-state index in [4.69, 9.17) is 4.74 Å². The van der Waals surface area contributed by atoms with Crippen LogP contribution in [0.2, 0.25) is 0 Å². The lowest BCUT2D eigenvalue weighted by Gasteiger charge is -2.32. The fraction of sp³-hybridized carbons (Fsp3) is 0.500. The average molecular weight is 350 g/mol. The largest absolute Gasteiger partial charge is 0.380 e. The molecule has 1 fully saturated rings. The number of piperidine rings is 1. The Morgan fingerprint density at radius 1 is 1.50 bits per heavy atom. The topological polar surface area (TPSA) is 41.6 Å². The molecular weight excluding hydrogens is 327 g/mol. The first-order chi connectivity index (χ1) is 11.7. The van der Waals surface area contributed by atoms with E-state index in [9.17, 15) is 9.18 Å². The van der Waals surface area contributed by atoms with Crippen molar-refractivity contribution in [3.05, 3.63) is 34.5 Å². The summed E-state index contributed by atoms with van der Waals surface area (Å²) >= 11 is 1.37. The van der Waals surface area contributed by atoms with Crippen LogP contribution in [0.1, 0.15) is 28.1 Å². The monoisotopic (exact) mass is 350 g/mol. The van der Waals surface area contributed by atoms with Crippen molar-refractivity contribution in [2.24, 2.45) is 5.92 Å². The molecule has 1 unspecified atom stereocenters. The van der Waals surface area contributed by atoms with Gasteiger partial charge in [0.25, 0.3) is 5.91 Å². The van der Waals surface area contributed by atoms with E-state index in [0.29, 0.717) is 21.7 Å². The van der Waals surface area contributed by atoms with Crippen LogP contribution in [0.25, 0.3) is 10.1 Å². The molecule has 3 rings (SSSR count). The first-order valence-corrected chi connectivity index (χ1v) is 9.10. The normalized spacial score (nSPS) is 18.3. The van der Waals surface area contributed by atoms with Crippen LogP contribution < -0.4 is 5.32 Å². The second-order valence-corrected chi connectivity index (χ2v) is 7.33. The highest BCUT2D eigenvalue weighted by Gasteiger charge is 2.28. The van der Waals surface area contributed by atoms with Gasteiger partial charge in [-0.25, -0.2) is 4.39 Å². The van der Waals surface area contributed by atoms with Gasteiger partial charge in [-0.3, -0.25) is 4.79 Å². The Labute approximate surface area is 145 Å². The van der Waals surface area contributed by atoms with E-state index in [1.54, 1.807) is 13.2 Å². The molecule has 1 amide bonds. The minimum absolute atomic E-state index is 0.00320. The molecule has 0 radical (unpaired) electrons. The van der Waals surface area contributed by atoms with E-state index in [2.05, 4.69) is 5.32 Å². The number of hydrogen-bond donors (Lipinski definition) is 1. The van der Waals surface area contributed by atoms with Crippen molar-refractivity contribution in [3.63, 3.8) is 0 Å². The Balaban J connectivity index is 1.94. The minimum Gasteiger partial charge on any atom is -0.380 e. The lowest BCUT2D eigenvalue weighted by atomic mass is 9.97. The zero-order valence-electron chi connectivity index (χ0n) is 14.1. The number of likely N-dealkylation sites (tertiary alicyclic amines) is 1. The number of amides is 1. The van der Waals surface area contributed by atoms with Crippen LogP contribution in [0.5, 0.6) is 0 Å². The number of methoxy groups -OCH3 is 1. The molecule has 0 spiro atoms. The molecule has 24 heavy (non-hydrogen) atoms. The number of nitrogens with one attached hydrogen (secondary N) is 1. The summed E-state index contributed by atoms with van der Waals surface area (Å²) in [6.07, 6.45) is 2.15. The van der Waals surface area contributed by atoms with Crippen molar-refractivity contribution in [2.45, 2.75) is 19.4 Å². The van der Waals surface area contributed by atoms with Crippen LogP contribution in [-0.2, 0) is 11.3 Å². The maximum atomic E-state index is 14.3. The number of carbonyl (C=O) groups is 1. The maximum Gasteiger partial charge on any atom is 0.264 e. The number of rotatable bonds is 5. The van der Waals surface area contributed by atoms with Crippen molar-refractivity contribution in [1.82, 2.24) is 10.2 Å². The number of ether oxygens (including phenoxy) is 1. The summed E-state index contributed by atoms with van der Waals surface area (Å²) < 4.78 is 20.3. The summed E-state index contributed by atoms with van der Waals surface area (Å²) in [5.41, 5.74) is 0.677. The van der Waals surface area contributed by atoms with Gasteiger partial charge in [0.05, 0.1) is 11.5 Å². The Morgan fingerprint density at radius 3 is 3.08 bits per heavy atom. The predicted molar refractivity (Wildman–Crippen MR) is 95.1 cm³/mol. The van der Waals surface area contributed by atoms with Gasteiger partial charge >= 0.3 is 0 Å². The van der Waals surface area contributed by atoms with Gasteiger partial charge in [0.1, 0.15) is 5.82 Å². The fourth-order valence-electron chi connectivity index (χ4n) is 3.47. The van der Waals surface area contributed by atoms with Gasteiger partial charge in [0.15, 0.2) is 0 Å². The van der Waals surface area contributed by atoms with Gasteiger partial charge < -0.3 is 15.0 Å². The number of thiophene rings is 1. The van der Waals surface area contributed by atoms with Crippen molar-refractivity contribution >= 4 is 27.3 Å². The highest BCUT2D eigenvalue weighted by Crippen LogP contribution is 2.35. The highest BCUT2D eigenvalue weighted by atomic mass is 32.1. The molecule has 1 saturated heterocycles. The van der Waals surface area contributed by atoms with Crippen LogP contribution in [-0.4, -0.2) is 44.6 Å². The predicted octanol–water partition coefficient (Wildman–Crippen LogP) is 3.26. The third-order valence-electron chi connectivity index (χ3n) is 4.55. The van der Waals surface area contributed by atoms with E-state index in [1.807, 2.05) is 18.0 Å². The van der Waals surface area contributed by atoms with Crippen LogP contribution in [0.15, 0.2) is 18.2 Å². The molecule has 2 heterocycles. The van der Waals surface area contributed by atoms with Gasteiger partial charge in [-0.15, -0.1) is 11.3 Å². The number of carbonyl (C=O) groups excluding carboxylic acids is 1. The number of benzene rings is 1. The average Bonchev–Trinajstić information content (AvgIpc) is 2.95. The molecule has 1 aliphatic rings. The SMILES string of the molecule is CNCC1CCCN(C(=O)c2sc3cccc(F)c3c2COC)C1. The van der Waals surface area contributed by atoms with Crippen molar-refractivity contribution in [2.75, 3.05) is 33.8 Å². The molecule has 6 heteroatoms. The van der Waals surface area contributed by atoms with E-state index < -0.39 is 0 Å². The minimum atomic E-state index is -0.290. The van der Waals surface area contributed by atoms with Crippen LogP contribution in [0.4, 0.5) is 4.39 Å². The Bertz CT molecular complexity index is 729. The molecule has 0 aliphatic carbocycles. The second-order valence-electron chi connectivity index (χ2n) is 6.27. The van der Waals surface area contributed by atoms with E-state index in [1.165, 1.54) is 17.4 Å². The van der Waals surface area contributed by atoms with Crippen molar-refractivity contribution < 1.29 is 13.9 Å². The lowest BCUT2D eigenvalue weighted by molar-refractivity contribution is 0.0675. The van der Waals surface area contributed by atoms with Crippen molar-refractivity contribution in [1.29, 1.82) is 0 Å². The number of halogens is 1. The summed E-state index contributed by atoms with van der Waals surface area (Å²) in [7, 11) is 3.51. The van der Waals surface area contributed by atoms with Gasteiger partial charge in [0.2, 0.25) is 0 Å². The summed E-state index contributed by atoms with van der Waals surface area (Å²) in [5, 5.41) is 3.72. The third-order valence-corrected chi connectivity index (χ3v) is 5.73. The fourth-order valence-corrected chi connectivity index (χ4v) is 4.66. The van der Waals surface area contributed by atoms with E-state index in [0.717, 1.165) is 37.2 Å². The van der Waals surface area contributed by atoms with E-state index >= 15 is 0 Å². The molecule has 1 N–H and O–H groups in total. The number of fused-ring (bicyclic) bond motifs is 1. The molecule has 130 valence electrons. The maximum absolute atomic E-state index is 14.3. The highest BCUT2D eigenvalue weighted by molar-refractivity contribution is 7.21. The second kappa shape index (κ2) is 7.59. The van der Waals surface area contributed by atoms with Crippen LogP contribution >= 0.6 is 11.3 Å². The summed E-state index contributed by atoms with van der Waals surface area (Å²) in [4.78, 5) is 15.6. The standard InChI is InChI=1S/C18H23FN2O2S/c1-20-9-12-5-4-8-21(10-12)18(22)17-13(11-23-2)16-14(19)6-3-7-15(16)24-17/h3,6-7,12,20H,4-5,8-11H2,1-2H3. The summed E-state index contributed by atoms with van der Waals surface area (Å²) in [5.74, 6) is 0.190. The molecule has 4 nitrogen and oxygen atoms in total. The molecule has 0 saturated carbocycles. The van der Waals surface area contributed by atoms with Crippen LogP contribution in [0.3, 0.4) is 0 Å². The van der Waals surface area contributed by atoms with Gasteiger partial charge in [-0.05, 0) is 44.5 Å². The smallest absolute Gasteiger partial charge is 0.264 e. The Hall–Kier alpha value is -1.50. The van der Waals surface area contributed by atoms with Gasteiger partial charge in [0, 0.05) is 35.8 Å².